The van der Waals surface area contributed by atoms with E-state index in [9.17, 15) is 9.90 Å². The number of rotatable bonds is 3. The minimum Gasteiger partial charge on any atom is -0.504 e. The van der Waals surface area contributed by atoms with Crippen molar-refractivity contribution in [1.82, 2.24) is 5.32 Å². The Balaban J connectivity index is 1.78. The van der Waals surface area contributed by atoms with Crippen LogP contribution in [0.4, 0.5) is 4.79 Å². The van der Waals surface area contributed by atoms with Gasteiger partial charge in [-0.05, 0) is 24.5 Å². The Morgan fingerprint density at radius 3 is 2.48 bits per heavy atom. The van der Waals surface area contributed by atoms with Crippen LogP contribution in [0.15, 0.2) is 48.5 Å². The molecule has 0 saturated heterocycles. The van der Waals surface area contributed by atoms with Gasteiger partial charge in [-0.1, -0.05) is 61.7 Å². The molecule has 2 aromatic carbocycles. The van der Waals surface area contributed by atoms with E-state index in [1.807, 2.05) is 36.4 Å². The fourth-order valence-corrected chi connectivity index (χ4v) is 3.01. The van der Waals surface area contributed by atoms with Crippen molar-refractivity contribution in [2.45, 2.75) is 38.1 Å². The van der Waals surface area contributed by atoms with Crippen molar-refractivity contribution in [3.05, 3.63) is 48.5 Å². The van der Waals surface area contributed by atoms with Crippen molar-refractivity contribution in [2.75, 3.05) is 0 Å². The molecule has 23 heavy (non-hydrogen) atoms. The van der Waals surface area contributed by atoms with E-state index < -0.39 is 6.09 Å². The Morgan fingerprint density at radius 1 is 1.00 bits per heavy atom. The van der Waals surface area contributed by atoms with Gasteiger partial charge in [0.05, 0.1) is 0 Å². The van der Waals surface area contributed by atoms with Gasteiger partial charge < -0.3 is 15.2 Å². The zero-order chi connectivity index (χ0) is 16.1. The van der Waals surface area contributed by atoms with Crippen molar-refractivity contribution < 1.29 is 14.6 Å². The van der Waals surface area contributed by atoms with Gasteiger partial charge in [-0.3, -0.25) is 0 Å². The number of hydrogen-bond acceptors (Lipinski definition) is 3. The van der Waals surface area contributed by atoms with Gasteiger partial charge in [0, 0.05) is 11.6 Å². The van der Waals surface area contributed by atoms with Crippen LogP contribution in [-0.4, -0.2) is 17.2 Å². The van der Waals surface area contributed by atoms with E-state index in [0.29, 0.717) is 5.56 Å². The lowest BCUT2D eigenvalue weighted by atomic mass is 9.96. The molecule has 0 aromatic heterocycles. The summed E-state index contributed by atoms with van der Waals surface area (Å²) >= 11 is 0. The minimum atomic E-state index is -0.504. The standard InChI is InChI=1S/C19H21NO3/c21-17-13-7-12-16(14-8-3-1-4-9-14)18(17)23-19(22)20-15-10-5-2-6-11-15/h1,3-4,7-9,12-13,15,21H,2,5-6,10-11H2,(H,20,22). The number of aromatic hydroxyl groups is 1. The third-order valence-corrected chi connectivity index (χ3v) is 4.20. The maximum atomic E-state index is 12.2. The third-order valence-electron chi connectivity index (χ3n) is 4.20. The monoisotopic (exact) mass is 311 g/mol. The van der Waals surface area contributed by atoms with E-state index in [2.05, 4.69) is 5.32 Å². The maximum Gasteiger partial charge on any atom is 0.412 e. The van der Waals surface area contributed by atoms with Gasteiger partial charge in [-0.15, -0.1) is 0 Å². The molecule has 0 radical (unpaired) electrons. The molecule has 4 nitrogen and oxygen atoms in total. The Kier molecular flexibility index (Phi) is 4.81. The van der Waals surface area contributed by atoms with Crippen molar-refractivity contribution in [3.8, 4) is 22.6 Å². The molecule has 1 fully saturated rings. The van der Waals surface area contributed by atoms with Crippen LogP contribution in [0.1, 0.15) is 32.1 Å². The molecule has 120 valence electrons. The van der Waals surface area contributed by atoms with Gasteiger partial charge >= 0.3 is 6.09 Å². The Bertz CT molecular complexity index is 664. The van der Waals surface area contributed by atoms with E-state index in [0.717, 1.165) is 31.2 Å². The largest absolute Gasteiger partial charge is 0.504 e. The molecule has 0 heterocycles. The van der Waals surface area contributed by atoms with Crippen molar-refractivity contribution in [3.63, 3.8) is 0 Å². The highest BCUT2D eigenvalue weighted by Crippen LogP contribution is 2.37. The average Bonchev–Trinajstić information content (AvgIpc) is 2.58. The van der Waals surface area contributed by atoms with Crippen LogP contribution in [0.2, 0.25) is 0 Å². The van der Waals surface area contributed by atoms with Crippen LogP contribution >= 0.6 is 0 Å². The molecule has 0 aliphatic heterocycles. The third kappa shape index (κ3) is 3.83. The van der Waals surface area contributed by atoms with E-state index in [4.69, 9.17) is 4.74 Å². The molecule has 1 aliphatic rings. The zero-order valence-corrected chi connectivity index (χ0v) is 13.0. The van der Waals surface area contributed by atoms with Crippen LogP contribution in [0.5, 0.6) is 11.5 Å². The highest BCUT2D eigenvalue weighted by Gasteiger charge is 2.19. The predicted octanol–water partition coefficient (Wildman–Crippen LogP) is 4.48. The van der Waals surface area contributed by atoms with Gasteiger partial charge in [-0.2, -0.15) is 0 Å². The first-order valence-electron chi connectivity index (χ1n) is 8.10. The first kappa shape index (κ1) is 15.4. The lowest BCUT2D eigenvalue weighted by Gasteiger charge is -2.22. The topological polar surface area (TPSA) is 58.6 Å². The summed E-state index contributed by atoms with van der Waals surface area (Å²) in [5, 5.41) is 13.0. The Labute approximate surface area is 136 Å². The number of ether oxygens (including phenoxy) is 1. The number of carbonyl (C=O) groups excluding carboxylic acids is 1. The maximum absolute atomic E-state index is 12.2. The molecule has 0 spiro atoms. The average molecular weight is 311 g/mol. The number of amides is 1. The molecule has 0 atom stereocenters. The molecular formula is C19H21NO3. The second kappa shape index (κ2) is 7.18. The number of benzene rings is 2. The van der Waals surface area contributed by atoms with Crippen LogP contribution in [0.3, 0.4) is 0 Å². The zero-order valence-electron chi connectivity index (χ0n) is 13.0. The molecule has 0 unspecified atom stereocenters. The fraction of sp³-hybridized carbons (Fsp3) is 0.316. The van der Waals surface area contributed by atoms with Crippen LogP contribution < -0.4 is 10.1 Å². The van der Waals surface area contributed by atoms with Crippen molar-refractivity contribution >= 4 is 6.09 Å². The molecule has 2 aromatic rings. The lowest BCUT2D eigenvalue weighted by Crippen LogP contribution is -2.38. The molecule has 1 aliphatic carbocycles. The summed E-state index contributed by atoms with van der Waals surface area (Å²) in [4.78, 5) is 12.2. The van der Waals surface area contributed by atoms with Crippen LogP contribution in [-0.2, 0) is 0 Å². The van der Waals surface area contributed by atoms with Crippen molar-refractivity contribution in [2.24, 2.45) is 0 Å². The molecular weight excluding hydrogens is 290 g/mol. The quantitative estimate of drug-likeness (QED) is 0.878. The summed E-state index contributed by atoms with van der Waals surface area (Å²) < 4.78 is 5.43. The second-order valence-corrected chi connectivity index (χ2v) is 5.89. The first-order valence-corrected chi connectivity index (χ1v) is 8.10. The number of phenolic OH excluding ortho intramolecular Hbond substituents is 1. The minimum absolute atomic E-state index is 0.0369. The molecule has 1 amide bonds. The lowest BCUT2D eigenvalue weighted by molar-refractivity contribution is 0.190. The Hall–Kier alpha value is -2.49. The SMILES string of the molecule is O=C(NC1CCCCC1)Oc1c(O)cccc1-c1ccccc1. The summed E-state index contributed by atoms with van der Waals surface area (Å²) in [6.07, 6.45) is 4.97. The number of phenols is 1. The first-order chi connectivity index (χ1) is 11.2. The number of nitrogens with one attached hydrogen (secondary N) is 1. The number of hydrogen-bond donors (Lipinski definition) is 2. The summed E-state index contributed by atoms with van der Waals surface area (Å²) in [6.45, 7) is 0. The summed E-state index contributed by atoms with van der Waals surface area (Å²) in [5.41, 5.74) is 1.59. The molecule has 2 N–H and O–H groups in total. The number of para-hydroxylation sites is 1. The van der Waals surface area contributed by atoms with Gasteiger partial charge in [0.25, 0.3) is 0 Å². The van der Waals surface area contributed by atoms with E-state index in [1.165, 1.54) is 12.5 Å². The van der Waals surface area contributed by atoms with E-state index >= 15 is 0 Å². The molecule has 3 rings (SSSR count). The molecule has 4 heteroatoms. The predicted molar refractivity (Wildman–Crippen MR) is 89.6 cm³/mol. The second-order valence-electron chi connectivity index (χ2n) is 5.89. The molecule has 0 bridgehead atoms. The van der Waals surface area contributed by atoms with Crippen LogP contribution in [0.25, 0.3) is 11.1 Å². The van der Waals surface area contributed by atoms with Gasteiger partial charge in [0.15, 0.2) is 11.5 Å². The highest BCUT2D eigenvalue weighted by molar-refractivity contribution is 5.79. The van der Waals surface area contributed by atoms with Crippen LogP contribution in [0, 0.1) is 0 Å². The summed E-state index contributed by atoms with van der Waals surface area (Å²) in [6, 6.07) is 14.8. The van der Waals surface area contributed by atoms with Gasteiger partial charge in [0.2, 0.25) is 0 Å². The van der Waals surface area contributed by atoms with Gasteiger partial charge in [-0.25, -0.2) is 4.79 Å². The van der Waals surface area contributed by atoms with Crippen molar-refractivity contribution in [1.29, 1.82) is 0 Å². The normalized spacial score (nSPS) is 15.1. The Morgan fingerprint density at radius 2 is 1.74 bits per heavy atom. The van der Waals surface area contributed by atoms with E-state index in [-0.39, 0.29) is 17.5 Å². The smallest absolute Gasteiger partial charge is 0.412 e. The number of carbonyl (C=O) groups is 1. The highest BCUT2D eigenvalue weighted by atomic mass is 16.6. The fourth-order valence-electron chi connectivity index (χ4n) is 3.01. The summed E-state index contributed by atoms with van der Waals surface area (Å²) in [7, 11) is 0. The van der Waals surface area contributed by atoms with E-state index in [1.54, 1.807) is 6.07 Å². The molecule has 1 saturated carbocycles. The van der Waals surface area contributed by atoms with Gasteiger partial charge in [0.1, 0.15) is 0 Å². The summed E-state index contributed by atoms with van der Waals surface area (Å²) in [5.74, 6) is 0.164.